The maximum absolute atomic E-state index is 12.6. The molecule has 148 valence electrons. The van der Waals surface area contributed by atoms with E-state index in [0.717, 1.165) is 44.5 Å². The number of likely N-dealkylation sites (tertiary alicyclic amines) is 2. The van der Waals surface area contributed by atoms with Crippen molar-refractivity contribution < 1.29 is 14.3 Å². The normalized spacial score (nSPS) is 18.6. The third-order valence-corrected chi connectivity index (χ3v) is 5.77. The molecule has 0 atom stereocenters. The van der Waals surface area contributed by atoms with E-state index in [0.29, 0.717) is 24.9 Å². The van der Waals surface area contributed by atoms with Crippen molar-refractivity contribution in [1.29, 1.82) is 0 Å². The third-order valence-electron chi connectivity index (χ3n) is 5.77. The highest BCUT2D eigenvalue weighted by molar-refractivity contribution is 5.80. The van der Waals surface area contributed by atoms with Gasteiger partial charge in [0.2, 0.25) is 5.91 Å². The van der Waals surface area contributed by atoms with Gasteiger partial charge in [-0.3, -0.25) is 9.59 Å². The monoisotopic (exact) mass is 372 g/mol. The Morgan fingerprint density at radius 2 is 1.59 bits per heavy atom. The molecule has 0 bridgehead atoms. The average Bonchev–Trinajstić information content (AvgIpc) is 2.72. The number of carbonyl (C=O) groups is 2. The first kappa shape index (κ1) is 19.7. The summed E-state index contributed by atoms with van der Waals surface area (Å²) >= 11 is 0. The van der Waals surface area contributed by atoms with Crippen LogP contribution in [0.2, 0.25) is 0 Å². The quantitative estimate of drug-likeness (QED) is 0.795. The minimum absolute atomic E-state index is 0.00630. The number of hydrogen-bond donors (Lipinski definition) is 0. The molecule has 0 saturated carbocycles. The van der Waals surface area contributed by atoms with Crippen LogP contribution in [0.5, 0.6) is 5.75 Å². The Morgan fingerprint density at radius 3 is 2.19 bits per heavy atom. The minimum atomic E-state index is 0.00630. The van der Waals surface area contributed by atoms with Crippen molar-refractivity contribution in [2.45, 2.75) is 51.9 Å². The summed E-state index contributed by atoms with van der Waals surface area (Å²) in [4.78, 5) is 28.9. The molecule has 2 heterocycles. The number of piperidine rings is 2. The number of hydrogen-bond acceptors (Lipinski definition) is 3. The van der Waals surface area contributed by atoms with E-state index < -0.39 is 0 Å². The van der Waals surface area contributed by atoms with Crippen LogP contribution < -0.4 is 4.74 Å². The van der Waals surface area contributed by atoms with Gasteiger partial charge in [0, 0.05) is 32.1 Å². The molecule has 2 saturated heterocycles. The van der Waals surface area contributed by atoms with Gasteiger partial charge in [0.1, 0.15) is 5.75 Å². The second-order valence-corrected chi connectivity index (χ2v) is 8.05. The van der Waals surface area contributed by atoms with Crippen LogP contribution in [0.15, 0.2) is 24.3 Å². The predicted octanol–water partition coefficient (Wildman–Crippen LogP) is 3.44. The van der Waals surface area contributed by atoms with E-state index >= 15 is 0 Å². The van der Waals surface area contributed by atoms with Crippen molar-refractivity contribution in [3.8, 4) is 5.75 Å². The van der Waals surface area contributed by atoms with Crippen LogP contribution in [-0.2, 0) is 9.59 Å². The first-order chi connectivity index (χ1) is 13.0. The summed E-state index contributed by atoms with van der Waals surface area (Å²) in [5.41, 5.74) is 1.26. The van der Waals surface area contributed by atoms with Crippen molar-refractivity contribution in [1.82, 2.24) is 9.80 Å². The van der Waals surface area contributed by atoms with Crippen molar-refractivity contribution in [3.63, 3.8) is 0 Å². The highest BCUT2D eigenvalue weighted by Gasteiger charge is 2.30. The Balaban J connectivity index is 1.42. The van der Waals surface area contributed by atoms with Crippen molar-refractivity contribution in [3.05, 3.63) is 29.8 Å². The maximum atomic E-state index is 12.6. The number of ether oxygens (including phenoxy) is 1. The first-order valence-corrected chi connectivity index (χ1v) is 10.3. The molecule has 2 fully saturated rings. The van der Waals surface area contributed by atoms with Crippen LogP contribution in [0, 0.1) is 5.92 Å². The molecule has 27 heavy (non-hydrogen) atoms. The summed E-state index contributed by atoms with van der Waals surface area (Å²) in [6.45, 7) is 7.48. The minimum Gasteiger partial charge on any atom is -0.484 e. The second kappa shape index (κ2) is 9.25. The molecule has 2 aliphatic rings. The Labute approximate surface area is 162 Å². The van der Waals surface area contributed by atoms with Gasteiger partial charge < -0.3 is 14.5 Å². The number of carbonyl (C=O) groups excluding carboxylic acids is 2. The Bertz CT molecular complexity index is 627. The summed E-state index contributed by atoms with van der Waals surface area (Å²) in [5, 5.41) is 0. The van der Waals surface area contributed by atoms with Crippen LogP contribution in [0.4, 0.5) is 0 Å². The summed E-state index contributed by atoms with van der Waals surface area (Å²) in [6.07, 6.45) is 5.02. The van der Waals surface area contributed by atoms with E-state index in [4.69, 9.17) is 4.74 Å². The van der Waals surface area contributed by atoms with Crippen LogP contribution in [0.25, 0.3) is 0 Å². The molecule has 3 rings (SSSR count). The average molecular weight is 373 g/mol. The van der Waals surface area contributed by atoms with Gasteiger partial charge >= 0.3 is 0 Å². The number of nitrogens with zero attached hydrogens (tertiary/aromatic N) is 2. The van der Waals surface area contributed by atoms with Gasteiger partial charge in [-0.15, -0.1) is 0 Å². The second-order valence-electron chi connectivity index (χ2n) is 8.05. The van der Waals surface area contributed by atoms with Crippen LogP contribution >= 0.6 is 0 Å². The molecule has 2 aliphatic heterocycles. The van der Waals surface area contributed by atoms with Gasteiger partial charge in [-0.1, -0.05) is 26.0 Å². The lowest BCUT2D eigenvalue weighted by atomic mass is 9.94. The fourth-order valence-corrected chi connectivity index (χ4v) is 3.93. The van der Waals surface area contributed by atoms with E-state index in [1.807, 2.05) is 34.1 Å². The molecule has 2 amide bonds. The van der Waals surface area contributed by atoms with Gasteiger partial charge in [0.05, 0.1) is 0 Å². The van der Waals surface area contributed by atoms with E-state index in [1.165, 1.54) is 12.0 Å². The van der Waals surface area contributed by atoms with Crippen molar-refractivity contribution in [2.24, 2.45) is 5.92 Å². The van der Waals surface area contributed by atoms with Crippen LogP contribution in [0.3, 0.4) is 0 Å². The van der Waals surface area contributed by atoms with Crippen LogP contribution in [-0.4, -0.2) is 54.4 Å². The van der Waals surface area contributed by atoms with Crippen molar-refractivity contribution >= 4 is 11.8 Å². The zero-order chi connectivity index (χ0) is 19.2. The molecule has 1 aromatic rings. The standard InChI is InChI=1S/C22H32N2O3/c1-17(2)18-6-8-20(9-7-18)27-16-21(25)23-14-10-19(11-15-23)22(26)24-12-4-3-5-13-24/h6-9,17,19H,3-5,10-16H2,1-2H3. The fourth-order valence-electron chi connectivity index (χ4n) is 3.93. The largest absolute Gasteiger partial charge is 0.484 e. The lowest BCUT2D eigenvalue weighted by molar-refractivity contribution is -0.142. The van der Waals surface area contributed by atoms with E-state index in [1.54, 1.807) is 0 Å². The summed E-state index contributed by atoms with van der Waals surface area (Å²) in [7, 11) is 0. The van der Waals surface area contributed by atoms with Gasteiger partial charge in [0.25, 0.3) is 5.91 Å². The van der Waals surface area contributed by atoms with Gasteiger partial charge in [0.15, 0.2) is 6.61 Å². The molecule has 0 N–H and O–H groups in total. The Morgan fingerprint density at radius 1 is 0.963 bits per heavy atom. The van der Waals surface area contributed by atoms with E-state index in [-0.39, 0.29) is 18.4 Å². The smallest absolute Gasteiger partial charge is 0.260 e. The number of amides is 2. The molecule has 0 aromatic heterocycles. The molecular weight excluding hydrogens is 340 g/mol. The highest BCUT2D eigenvalue weighted by Crippen LogP contribution is 2.22. The van der Waals surface area contributed by atoms with Gasteiger partial charge in [-0.05, 0) is 55.7 Å². The topological polar surface area (TPSA) is 49.9 Å². The number of rotatable bonds is 5. The maximum Gasteiger partial charge on any atom is 0.260 e. The lowest BCUT2D eigenvalue weighted by Gasteiger charge is -2.35. The molecular formula is C22H32N2O3. The van der Waals surface area contributed by atoms with Crippen LogP contribution in [0.1, 0.15) is 57.4 Å². The van der Waals surface area contributed by atoms with E-state index in [9.17, 15) is 9.59 Å². The summed E-state index contributed by atoms with van der Waals surface area (Å²) < 4.78 is 5.66. The SMILES string of the molecule is CC(C)c1ccc(OCC(=O)N2CCC(C(=O)N3CCCCC3)CC2)cc1. The summed E-state index contributed by atoms with van der Waals surface area (Å²) in [5.74, 6) is 1.59. The Kier molecular flexibility index (Phi) is 6.75. The molecule has 0 unspecified atom stereocenters. The van der Waals surface area contributed by atoms with Gasteiger partial charge in [-0.2, -0.15) is 0 Å². The zero-order valence-corrected chi connectivity index (χ0v) is 16.7. The number of benzene rings is 1. The molecule has 0 radical (unpaired) electrons. The van der Waals surface area contributed by atoms with Crippen molar-refractivity contribution in [2.75, 3.05) is 32.8 Å². The van der Waals surface area contributed by atoms with E-state index in [2.05, 4.69) is 13.8 Å². The zero-order valence-electron chi connectivity index (χ0n) is 16.7. The van der Waals surface area contributed by atoms with Gasteiger partial charge in [-0.25, -0.2) is 0 Å². The predicted molar refractivity (Wildman–Crippen MR) is 106 cm³/mol. The molecule has 5 nitrogen and oxygen atoms in total. The first-order valence-electron chi connectivity index (χ1n) is 10.3. The molecule has 5 heteroatoms. The molecule has 0 aliphatic carbocycles. The highest BCUT2D eigenvalue weighted by atomic mass is 16.5. The molecule has 0 spiro atoms. The third kappa shape index (κ3) is 5.24. The Hall–Kier alpha value is -2.04. The lowest BCUT2D eigenvalue weighted by Crippen LogP contribution is -2.46. The molecule has 1 aromatic carbocycles. The fraction of sp³-hybridized carbons (Fsp3) is 0.636. The summed E-state index contributed by atoms with van der Waals surface area (Å²) in [6, 6.07) is 7.93.